The molecule has 0 bridgehead atoms. The first kappa shape index (κ1) is 14.0. The number of hydrogen-bond acceptors (Lipinski definition) is 5. The highest BCUT2D eigenvalue weighted by molar-refractivity contribution is 9.10. The first-order valence-electron chi connectivity index (χ1n) is 5.42. The fourth-order valence-electron chi connectivity index (χ4n) is 1.49. The van der Waals surface area contributed by atoms with Crippen LogP contribution < -0.4 is 10.5 Å². The van der Waals surface area contributed by atoms with Gasteiger partial charge in [0, 0.05) is 23.6 Å². The molecule has 0 saturated heterocycles. The Balaban J connectivity index is 2.07. The Kier molecular flexibility index (Phi) is 4.23. The maximum atomic E-state index is 12.1. The van der Waals surface area contributed by atoms with Gasteiger partial charge < -0.3 is 10.2 Å². The highest BCUT2D eigenvalue weighted by atomic mass is 79.9. The van der Waals surface area contributed by atoms with Crippen molar-refractivity contribution in [2.24, 2.45) is 0 Å². The van der Waals surface area contributed by atoms with Gasteiger partial charge in [-0.15, -0.1) is 0 Å². The quantitative estimate of drug-likeness (QED) is 0.856. The Morgan fingerprint density at radius 1 is 1.47 bits per heavy atom. The van der Waals surface area contributed by atoms with Crippen molar-refractivity contribution in [1.29, 1.82) is 0 Å². The molecule has 0 aliphatic heterocycles. The van der Waals surface area contributed by atoms with Gasteiger partial charge >= 0.3 is 0 Å². The molecule has 0 aromatic carbocycles. The lowest BCUT2D eigenvalue weighted by molar-refractivity contribution is 0.506. The summed E-state index contributed by atoms with van der Waals surface area (Å²) in [6, 6.07) is 4.95. The minimum absolute atomic E-state index is 0.0336. The van der Waals surface area contributed by atoms with Crippen molar-refractivity contribution >= 4 is 31.8 Å². The second kappa shape index (κ2) is 5.72. The topological polar surface area (TPSA) is 98.2 Å². The second-order valence-corrected chi connectivity index (χ2v) is 6.42. The molecule has 0 spiro atoms. The third kappa shape index (κ3) is 3.55. The number of sulfonamides is 1. The van der Waals surface area contributed by atoms with E-state index in [4.69, 9.17) is 10.2 Å². The third-order valence-electron chi connectivity index (χ3n) is 2.38. The van der Waals surface area contributed by atoms with Crippen LogP contribution in [-0.2, 0) is 16.4 Å². The fraction of sp³-hybridized carbons (Fsp3) is 0.182. The molecule has 8 heteroatoms. The number of aromatic nitrogens is 1. The Morgan fingerprint density at radius 2 is 2.26 bits per heavy atom. The fourth-order valence-corrected chi connectivity index (χ4v) is 3.11. The normalized spacial score (nSPS) is 11.6. The van der Waals surface area contributed by atoms with Crippen molar-refractivity contribution in [2.75, 3.05) is 12.3 Å². The standard InChI is InChI=1S/C11H12BrN3O3S/c12-8-6-10(11(13)14-7-8)19(16,17)15-4-3-9-2-1-5-18-9/h1-2,5-7,15H,3-4H2,(H2,13,14). The molecule has 0 amide bonds. The maximum absolute atomic E-state index is 12.1. The zero-order valence-electron chi connectivity index (χ0n) is 9.84. The number of nitrogens with zero attached hydrogens (tertiary/aromatic N) is 1. The lowest BCUT2D eigenvalue weighted by Crippen LogP contribution is -2.27. The first-order chi connectivity index (χ1) is 8.99. The van der Waals surface area contributed by atoms with Crippen LogP contribution in [0.5, 0.6) is 0 Å². The van der Waals surface area contributed by atoms with Gasteiger partial charge in [0.05, 0.1) is 6.26 Å². The van der Waals surface area contributed by atoms with Crippen molar-refractivity contribution in [3.63, 3.8) is 0 Å². The van der Waals surface area contributed by atoms with Crippen LogP contribution in [0.3, 0.4) is 0 Å². The largest absolute Gasteiger partial charge is 0.469 e. The average Bonchev–Trinajstić information content (AvgIpc) is 2.85. The van der Waals surface area contributed by atoms with Crippen molar-refractivity contribution in [1.82, 2.24) is 9.71 Å². The van der Waals surface area contributed by atoms with Crippen LogP contribution in [0, 0.1) is 0 Å². The van der Waals surface area contributed by atoms with Gasteiger partial charge in [-0.1, -0.05) is 0 Å². The molecule has 0 atom stereocenters. The first-order valence-corrected chi connectivity index (χ1v) is 7.70. The van der Waals surface area contributed by atoms with Crippen molar-refractivity contribution in [3.8, 4) is 0 Å². The molecule has 2 aromatic rings. The second-order valence-electron chi connectivity index (χ2n) is 3.76. The molecule has 2 aromatic heterocycles. The minimum atomic E-state index is -3.68. The Morgan fingerprint density at radius 3 is 2.95 bits per heavy atom. The van der Waals surface area contributed by atoms with Crippen LogP contribution in [0.4, 0.5) is 5.82 Å². The number of halogens is 1. The molecule has 0 fully saturated rings. The maximum Gasteiger partial charge on any atom is 0.244 e. The zero-order chi connectivity index (χ0) is 13.9. The SMILES string of the molecule is Nc1ncc(Br)cc1S(=O)(=O)NCCc1ccco1. The van der Waals surface area contributed by atoms with E-state index in [0.29, 0.717) is 16.7 Å². The lowest BCUT2D eigenvalue weighted by Gasteiger charge is -2.08. The molecule has 2 rings (SSSR count). The van der Waals surface area contributed by atoms with E-state index in [1.807, 2.05) is 0 Å². The van der Waals surface area contributed by atoms with Gasteiger partial charge in [0.1, 0.15) is 16.5 Å². The zero-order valence-corrected chi connectivity index (χ0v) is 12.2. The summed E-state index contributed by atoms with van der Waals surface area (Å²) in [5.74, 6) is 0.678. The highest BCUT2D eigenvalue weighted by Crippen LogP contribution is 2.20. The third-order valence-corrected chi connectivity index (χ3v) is 4.31. The van der Waals surface area contributed by atoms with Gasteiger partial charge in [0.25, 0.3) is 0 Å². The number of nitrogens with one attached hydrogen (secondary N) is 1. The predicted octanol–water partition coefficient (Wildman–Crippen LogP) is 1.54. The van der Waals surface area contributed by atoms with Crippen molar-refractivity contribution in [3.05, 3.63) is 40.9 Å². The van der Waals surface area contributed by atoms with Crippen LogP contribution in [0.25, 0.3) is 0 Å². The van der Waals surface area contributed by atoms with Gasteiger partial charge in [-0.2, -0.15) is 0 Å². The van der Waals surface area contributed by atoms with E-state index in [2.05, 4.69) is 25.6 Å². The highest BCUT2D eigenvalue weighted by Gasteiger charge is 2.18. The van der Waals surface area contributed by atoms with Crippen LogP contribution >= 0.6 is 15.9 Å². The summed E-state index contributed by atoms with van der Waals surface area (Å²) in [6.45, 7) is 0.224. The molecule has 0 aliphatic carbocycles. The summed E-state index contributed by atoms with van der Waals surface area (Å²) >= 11 is 3.16. The van der Waals surface area contributed by atoms with Crippen LogP contribution in [0.1, 0.15) is 5.76 Å². The van der Waals surface area contributed by atoms with E-state index >= 15 is 0 Å². The summed E-state index contributed by atoms with van der Waals surface area (Å²) in [7, 11) is -3.68. The number of anilines is 1. The van der Waals surface area contributed by atoms with Crippen molar-refractivity contribution < 1.29 is 12.8 Å². The number of rotatable bonds is 5. The lowest BCUT2D eigenvalue weighted by atomic mass is 10.3. The molecule has 3 N–H and O–H groups in total. The summed E-state index contributed by atoms with van der Waals surface area (Å²) in [5, 5.41) is 0. The molecule has 0 aliphatic rings. The minimum Gasteiger partial charge on any atom is -0.469 e. The molecule has 6 nitrogen and oxygen atoms in total. The molecule has 0 radical (unpaired) electrons. The van der Waals surface area contributed by atoms with Gasteiger partial charge in [-0.3, -0.25) is 0 Å². The molecule has 0 unspecified atom stereocenters. The van der Waals surface area contributed by atoms with Gasteiger partial charge in [0.15, 0.2) is 0 Å². The van der Waals surface area contributed by atoms with E-state index in [9.17, 15) is 8.42 Å². The number of nitrogen functional groups attached to an aromatic ring is 1. The van der Waals surface area contributed by atoms with E-state index in [1.165, 1.54) is 12.3 Å². The van der Waals surface area contributed by atoms with Crippen LogP contribution in [0.2, 0.25) is 0 Å². The van der Waals surface area contributed by atoms with E-state index in [1.54, 1.807) is 18.4 Å². The Labute approximate surface area is 119 Å². The molecule has 19 heavy (non-hydrogen) atoms. The molecular weight excluding hydrogens is 334 g/mol. The number of hydrogen-bond donors (Lipinski definition) is 2. The number of nitrogens with two attached hydrogens (primary N) is 1. The van der Waals surface area contributed by atoms with Crippen LogP contribution in [0.15, 0.2) is 44.4 Å². The average molecular weight is 346 g/mol. The molecule has 2 heterocycles. The van der Waals surface area contributed by atoms with E-state index in [0.717, 1.165) is 0 Å². The van der Waals surface area contributed by atoms with Gasteiger partial charge in [-0.25, -0.2) is 18.1 Å². The Hall–Kier alpha value is -1.38. The summed E-state index contributed by atoms with van der Waals surface area (Å²) < 4.78 is 32.2. The van der Waals surface area contributed by atoms with Gasteiger partial charge in [0.2, 0.25) is 10.0 Å². The van der Waals surface area contributed by atoms with Gasteiger partial charge in [-0.05, 0) is 34.1 Å². The van der Waals surface area contributed by atoms with Crippen LogP contribution in [-0.4, -0.2) is 19.9 Å². The summed E-state index contributed by atoms with van der Waals surface area (Å²) in [6.07, 6.45) is 3.45. The smallest absolute Gasteiger partial charge is 0.244 e. The van der Waals surface area contributed by atoms with E-state index in [-0.39, 0.29) is 17.3 Å². The number of pyridine rings is 1. The van der Waals surface area contributed by atoms with E-state index < -0.39 is 10.0 Å². The molecular formula is C11H12BrN3O3S. The molecule has 102 valence electrons. The molecule has 0 saturated carbocycles. The summed E-state index contributed by atoms with van der Waals surface area (Å²) in [5.41, 5.74) is 5.57. The predicted molar refractivity (Wildman–Crippen MR) is 73.9 cm³/mol. The Bertz CT molecular complexity index is 656. The monoisotopic (exact) mass is 345 g/mol. The summed E-state index contributed by atoms with van der Waals surface area (Å²) in [4.78, 5) is 3.76. The number of furan rings is 1. The van der Waals surface area contributed by atoms with Crippen molar-refractivity contribution in [2.45, 2.75) is 11.3 Å².